The second kappa shape index (κ2) is 4.53. The van der Waals surface area contributed by atoms with Crippen LogP contribution in [0.4, 0.5) is 11.4 Å². The Morgan fingerprint density at radius 2 is 2.27 bits per heavy atom. The first-order chi connectivity index (χ1) is 7.33. The zero-order chi connectivity index (χ0) is 10.7. The Bertz CT molecular complexity index is 327. The predicted molar refractivity (Wildman–Crippen MR) is 63.1 cm³/mol. The molecule has 0 unspecified atom stereocenters. The van der Waals surface area contributed by atoms with Gasteiger partial charge in [-0.2, -0.15) is 0 Å². The van der Waals surface area contributed by atoms with Crippen LogP contribution >= 0.6 is 0 Å². The van der Waals surface area contributed by atoms with Gasteiger partial charge < -0.3 is 15.4 Å². The van der Waals surface area contributed by atoms with E-state index >= 15 is 0 Å². The van der Waals surface area contributed by atoms with Crippen LogP contribution in [0.1, 0.15) is 12.8 Å². The number of para-hydroxylation sites is 2. The van der Waals surface area contributed by atoms with E-state index in [9.17, 15) is 0 Å². The molecule has 3 heteroatoms. The summed E-state index contributed by atoms with van der Waals surface area (Å²) in [5.41, 5.74) is 7.99. The quantitative estimate of drug-likeness (QED) is 0.767. The number of methoxy groups -OCH3 is 1. The fraction of sp³-hybridized carbons (Fsp3) is 0.500. The summed E-state index contributed by atoms with van der Waals surface area (Å²) in [6.07, 6.45) is 2.42. The van der Waals surface area contributed by atoms with E-state index in [0.29, 0.717) is 6.04 Å². The van der Waals surface area contributed by atoms with Gasteiger partial charge in [-0.25, -0.2) is 0 Å². The monoisotopic (exact) mass is 206 g/mol. The second-order valence-corrected chi connectivity index (χ2v) is 4.00. The molecule has 0 aromatic heterocycles. The molecule has 0 saturated carbocycles. The summed E-state index contributed by atoms with van der Waals surface area (Å²) in [5, 5.41) is 0. The first-order valence-corrected chi connectivity index (χ1v) is 5.43. The Balaban J connectivity index is 2.19. The summed E-state index contributed by atoms with van der Waals surface area (Å²) < 4.78 is 5.23. The number of benzene rings is 1. The van der Waals surface area contributed by atoms with Gasteiger partial charge in [-0.05, 0) is 25.0 Å². The molecule has 1 saturated heterocycles. The standard InChI is InChI=1S/C12H18N2O/c1-15-9-10-5-4-8-14(10)12-7-3-2-6-11(12)13/h2-3,6-7,10H,4-5,8-9,13H2,1H3/t10-/m1/s1. The summed E-state index contributed by atoms with van der Waals surface area (Å²) in [5.74, 6) is 0. The molecule has 1 fully saturated rings. The van der Waals surface area contributed by atoms with Gasteiger partial charge in [-0.1, -0.05) is 12.1 Å². The van der Waals surface area contributed by atoms with E-state index < -0.39 is 0 Å². The lowest BCUT2D eigenvalue weighted by Crippen LogP contribution is -2.33. The Morgan fingerprint density at radius 1 is 1.47 bits per heavy atom. The van der Waals surface area contributed by atoms with Crippen LogP contribution in [0.25, 0.3) is 0 Å². The molecule has 0 amide bonds. The van der Waals surface area contributed by atoms with Crippen LogP contribution in [0.5, 0.6) is 0 Å². The van der Waals surface area contributed by atoms with Gasteiger partial charge in [0.25, 0.3) is 0 Å². The van der Waals surface area contributed by atoms with Crippen molar-refractivity contribution in [2.24, 2.45) is 0 Å². The van der Waals surface area contributed by atoms with Gasteiger partial charge in [0.1, 0.15) is 0 Å². The maximum atomic E-state index is 5.98. The molecule has 2 rings (SSSR count). The summed E-state index contributed by atoms with van der Waals surface area (Å²) in [4.78, 5) is 2.36. The predicted octanol–water partition coefficient (Wildman–Crippen LogP) is 1.88. The minimum Gasteiger partial charge on any atom is -0.397 e. The SMILES string of the molecule is COC[C@H]1CCCN1c1ccccc1N. The van der Waals surface area contributed by atoms with Gasteiger partial charge >= 0.3 is 0 Å². The minimum absolute atomic E-state index is 0.486. The average Bonchev–Trinajstić information content (AvgIpc) is 2.67. The van der Waals surface area contributed by atoms with E-state index in [1.807, 2.05) is 18.2 Å². The third kappa shape index (κ3) is 2.07. The topological polar surface area (TPSA) is 38.5 Å². The fourth-order valence-corrected chi connectivity index (χ4v) is 2.27. The van der Waals surface area contributed by atoms with E-state index in [4.69, 9.17) is 10.5 Å². The highest BCUT2D eigenvalue weighted by molar-refractivity contribution is 5.68. The van der Waals surface area contributed by atoms with Crippen LogP contribution in [-0.4, -0.2) is 26.3 Å². The molecule has 15 heavy (non-hydrogen) atoms. The molecule has 2 N–H and O–H groups in total. The molecule has 0 bridgehead atoms. The number of nitrogen functional groups attached to an aromatic ring is 1. The number of ether oxygens (including phenoxy) is 1. The lowest BCUT2D eigenvalue weighted by Gasteiger charge is -2.27. The van der Waals surface area contributed by atoms with E-state index in [1.165, 1.54) is 12.8 Å². The van der Waals surface area contributed by atoms with Gasteiger partial charge in [0.05, 0.1) is 24.0 Å². The van der Waals surface area contributed by atoms with Gasteiger partial charge in [0, 0.05) is 13.7 Å². The molecule has 1 aromatic rings. The summed E-state index contributed by atoms with van der Waals surface area (Å²) in [7, 11) is 1.75. The molecule has 1 atom stereocenters. The minimum atomic E-state index is 0.486. The van der Waals surface area contributed by atoms with Crippen molar-refractivity contribution in [3.63, 3.8) is 0 Å². The molecule has 0 radical (unpaired) electrons. The van der Waals surface area contributed by atoms with Gasteiger partial charge in [-0.15, -0.1) is 0 Å². The molecule has 0 spiro atoms. The Labute approximate surface area is 90.8 Å². The van der Waals surface area contributed by atoms with Crippen LogP contribution in [0.15, 0.2) is 24.3 Å². The summed E-state index contributed by atoms with van der Waals surface area (Å²) in [6, 6.07) is 8.54. The highest BCUT2D eigenvalue weighted by Crippen LogP contribution is 2.29. The van der Waals surface area contributed by atoms with Crippen molar-refractivity contribution in [1.29, 1.82) is 0 Å². The summed E-state index contributed by atoms with van der Waals surface area (Å²) >= 11 is 0. The lowest BCUT2D eigenvalue weighted by molar-refractivity contribution is 0.181. The van der Waals surface area contributed by atoms with Crippen molar-refractivity contribution in [3.05, 3.63) is 24.3 Å². The Morgan fingerprint density at radius 3 is 3.00 bits per heavy atom. The number of nitrogens with zero attached hydrogens (tertiary/aromatic N) is 1. The van der Waals surface area contributed by atoms with Gasteiger partial charge in [0.15, 0.2) is 0 Å². The van der Waals surface area contributed by atoms with Crippen molar-refractivity contribution in [1.82, 2.24) is 0 Å². The molecular formula is C12H18N2O. The first kappa shape index (κ1) is 10.3. The molecule has 1 heterocycles. The molecule has 3 nitrogen and oxygen atoms in total. The molecule has 0 aliphatic carbocycles. The van der Waals surface area contributed by atoms with Crippen LogP contribution in [0.3, 0.4) is 0 Å². The molecular weight excluding hydrogens is 188 g/mol. The number of rotatable bonds is 3. The highest BCUT2D eigenvalue weighted by Gasteiger charge is 2.25. The van der Waals surface area contributed by atoms with E-state index in [-0.39, 0.29) is 0 Å². The Hall–Kier alpha value is -1.22. The van der Waals surface area contributed by atoms with Crippen molar-refractivity contribution in [2.45, 2.75) is 18.9 Å². The van der Waals surface area contributed by atoms with E-state index in [1.54, 1.807) is 7.11 Å². The van der Waals surface area contributed by atoms with Gasteiger partial charge in [0.2, 0.25) is 0 Å². The highest BCUT2D eigenvalue weighted by atomic mass is 16.5. The lowest BCUT2D eigenvalue weighted by atomic mass is 10.2. The van der Waals surface area contributed by atoms with Crippen LogP contribution in [0, 0.1) is 0 Å². The largest absolute Gasteiger partial charge is 0.397 e. The van der Waals surface area contributed by atoms with E-state index in [0.717, 1.165) is 24.5 Å². The first-order valence-electron chi connectivity index (χ1n) is 5.43. The normalized spacial score (nSPS) is 20.9. The zero-order valence-corrected chi connectivity index (χ0v) is 9.15. The van der Waals surface area contributed by atoms with Crippen LogP contribution in [-0.2, 0) is 4.74 Å². The third-order valence-corrected chi connectivity index (χ3v) is 2.98. The van der Waals surface area contributed by atoms with Crippen molar-refractivity contribution in [2.75, 3.05) is 30.9 Å². The third-order valence-electron chi connectivity index (χ3n) is 2.98. The Kier molecular flexibility index (Phi) is 3.11. The van der Waals surface area contributed by atoms with Crippen molar-refractivity contribution < 1.29 is 4.74 Å². The summed E-state index contributed by atoms with van der Waals surface area (Å²) in [6.45, 7) is 1.87. The average molecular weight is 206 g/mol. The van der Waals surface area contributed by atoms with Crippen molar-refractivity contribution >= 4 is 11.4 Å². The zero-order valence-electron chi connectivity index (χ0n) is 9.15. The van der Waals surface area contributed by atoms with Crippen molar-refractivity contribution in [3.8, 4) is 0 Å². The molecule has 82 valence electrons. The van der Waals surface area contributed by atoms with Crippen LogP contribution < -0.4 is 10.6 Å². The molecule has 1 aromatic carbocycles. The number of hydrogen-bond acceptors (Lipinski definition) is 3. The number of anilines is 2. The molecule has 1 aliphatic heterocycles. The number of nitrogens with two attached hydrogens (primary N) is 1. The maximum Gasteiger partial charge on any atom is 0.0666 e. The fourth-order valence-electron chi connectivity index (χ4n) is 2.27. The smallest absolute Gasteiger partial charge is 0.0666 e. The maximum absolute atomic E-state index is 5.98. The molecule has 1 aliphatic rings. The number of hydrogen-bond donors (Lipinski definition) is 1. The van der Waals surface area contributed by atoms with Gasteiger partial charge in [-0.3, -0.25) is 0 Å². The van der Waals surface area contributed by atoms with Crippen LogP contribution in [0.2, 0.25) is 0 Å². The van der Waals surface area contributed by atoms with E-state index in [2.05, 4.69) is 11.0 Å². The second-order valence-electron chi connectivity index (χ2n) is 4.00.